The molecule has 1 aliphatic rings. The van der Waals surface area contributed by atoms with Gasteiger partial charge in [-0.2, -0.15) is 0 Å². The monoisotopic (exact) mass is 636 g/mol. The van der Waals surface area contributed by atoms with Crippen molar-refractivity contribution in [3.8, 4) is 5.75 Å². The number of benzene rings is 2. The maximum atomic E-state index is 6.30. The third-order valence-electron chi connectivity index (χ3n) is 5.42. The Morgan fingerprint density at radius 1 is 0.838 bits per heavy atom. The van der Waals surface area contributed by atoms with Gasteiger partial charge >= 0.3 is 197 Å². The van der Waals surface area contributed by atoms with Crippen LogP contribution in [0.5, 0.6) is 5.75 Å². The fraction of sp³-hybridized carbons (Fsp3) is 0.357. The first-order chi connectivity index (χ1) is 18.2. The molecule has 1 aliphatic heterocycles. The zero-order valence-corrected chi connectivity index (χ0v) is 23.8. The van der Waals surface area contributed by atoms with Crippen LogP contribution in [0.3, 0.4) is 0 Å². The summed E-state index contributed by atoms with van der Waals surface area (Å²) in [7, 11) is 0. The van der Waals surface area contributed by atoms with Gasteiger partial charge in [0.2, 0.25) is 0 Å². The van der Waals surface area contributed by atoms with Gasteiger partial charge in [-0.25, -0.2) is 0 Å². The van der Waals surface area contributed by atoms with Gasteiger partial charge in [0, 0.05) is 6.61 Å². The molecule has 3 aromatic rings. The Labute approximate surface area is 233 Å². The molecule has 4 rings (SSSR count). The van der Waals surface area contributed by atoms with Gasteiger partial charge in [-0.1, -0.05) is 6.92 Å². The number of anilines is 1. The van der Waals surface area contributed by atoms with Crippen LogP contribution in [0.2, 0.25) is 5.02 Å². The Balaban J connectivity index is 1.21. The molecule has 2 aromatic carbocycles. The quantitative estimate of drug-likeness (QED) is 0.147. The number of halogens is 2. The molecule has 0 aliphatic carbocycles. The maximum absolute atomic E-state index is 6.30. The number of nitrogens with one attached hydrogen (secondary N) is 1. The number of aromatic nitrogens is 2. The van der Waals surface area contributed by atoms with Crippen LogP contribution in [0.25, 0.3) is 9.66 Å². The molecule has 0 amide bonds. The summed E-state index contributed by atoms with van der Waals surface area (Å²) < 4.78 is 24.7. The summed E-state index contributed by atoms with van der Waals surface area (Å²) in [6, 6.07) is 16.0. The van der Waals surface area contributed by atoms with Crippen LogP contribution in [0.4, 0.5) is 5.82 Å². The first-order valence-electron chi connectivity index (χ1n) is 12.4. The molecular formula is C28H32ClIN3O4-. The van der Waals surface area contributed by atoms with Gasteiger partial charge in [0.15, 0.2) is 0 Å². The summed E-state index contributed by atoms with van der Waals surface area (Å²) in [6.45, 7) is 6.84. The van der Waals surface area contributed by atoms with Crippen LogP contribution < -0.4 is 31.3 Å². The number of hydrogen-bond donors (Lipinski definition) is 1. The van der Waals surface area contributed by atoms with Crippen molar-refractivity contribution in [3.05, 3.63) is 80.3 Å². The Morgan fingerprint density at radius 2 is 1.54 bits per heavy atom. The summed E-state index contributed by atoms with van der Waals surface area (Å²) in [5.41, 5.74) is 3.30. The second-order valence-electron chi connectivity index (χ2n) is 8.17. The van der Waals surface area contributed by atoms with E-state index in [0.717, 1.165) is 44.4 Å². The average molecular weight is 637 g/mol. The van der Waals surface area contributed by atoms with E-state index in [-0.39, 0.29) is 21.2 Å². The van der Waals surface area contributed by atoms with Crippen molar-refractivity contribution in [3.63, 3.8) is 0 Å². The molecule has 37 heavy (non-hydrogen) atoms. The fourth-order valence-electron chi connectivity index (χ4n) is 3.54. The third-order valence-corrected chi connectivity index (χ3v) is 8.68. The number of hydrogen-bond acceptors (Lipinski definition) is 7. The van der Waals surface area contributed by atoms with Crippen LogP contribution in [0.15, 0.2) is 54.9 Å². The molecule has 9 heteroatoms. The molecule has 1 aromatic heterocycles. The third kappa shape index (κ3) is 8.65. The molecule has 198 valence electrons. The van der Waals surface area contributed by atoms with Crippen molar-refractivity contribution in [1.82, 2.24) is 9.97 Å². The summed E-state index contributed by atoms with van der Waals surface area (Å²) in [5, 5.41) is 4.18. The molecule has 2 heterocycles. The van der Waals surface area contributed by atoms with Crippen LogP contribution in [-0.2, 0) is 20.8 Å². The molecule has 0 saturated carbocycles. The molecule has 0 unspecified atom stereocenters. The van der Waals surface area contributed by atoms with Crippen molar-refractivity contribution in [2.45, 2.75) is 19.9 Å². The molecule has 0 spiro atoms. The van der Waals surface area contributed by atoms with Crippen molar-refractivity contribution >= 4 is 27.1 Å². The molecule has 0 radical (unpaired) electrons. The predicted octanol–water partition coefficient (Wildman–Crippen LogP) is 2.35. The summed E-state index contributed by atoms with van der Waals surface area (Å²) in [6.07, 6.45) is 4.87. The van der Waals surface area contributed by atoms with Crippen LogP contribution in [0, 0.1) is 3.70 Å². The SMILES string of the molecule is CCCOCCOCCOCCOc1ccc(C2=Cc3c(NCc4ccccc4Cl)ncnc3[I-]2)cc1. The summed E-state index contributed by atoms with van der Waals surface area (Å²) >= 11 is 5.92. The van der Waals surface area contributed by atoms with Gasteiger partial charge in [0.05, 0.1) is 13.2 Å². The first kappa shape index (κ1) is 27.8. The molecular weight excluding hydrogens is 605 g/mol. The second-order valence-corrected chi connectivity index (χ2v) is 11.3. The zero-order chi connectivity index (χ0) is 25.7. The van der Waals surface area contributed by atoms with E-state index >= 15 is 0 Å². The van der Waals surface area contributed by atoms with Crippen molar-refractivity contribution in [1.29, 1.82) is 0 Å². The van der Waals surface area contributed by atoms with Gasteiger partial charge in [0.1, 0.15) is 0 Å². The van der Waals surface area contributed by atoms with Crippen molar-refractivity contribution in [2.75, 3.05) is 51.6 Å². The molecule has 0 bridgehead atoms. The molecule has 7 nitrogen and oxygen atoms in total. The normalized spacial score (nSPS) is 12.5. The Morgan fingerprint density at radius 3 is 2.27 bits per heavy atom. The average Bonchev–Trinajstić information content (AvgIpc) is 3.37. The van der Waals surface area contributed by atoms with E-state index in [2.05, 4.69) is 40.4 Å². The molecule has 0 atom stereocenters. The van der Waals surface area contributed by atoms with E-state index in [4.69, 9.17) is 30.5 Å². The van der Waals surface area contributed by atoms with Crippen LogP contribution in [-0.4, -0.2) is 56.2 Å². The molecule has 0 fully saturated rings. The standard InChI is InChI=1S/C28H32ClIN3O4/c1-2-11-34-12-13-35-14-15-36-16-17-37-23-9-7-21(8-10-23)26-18-24-27(30-26)32-20-33-28(24)31-19-22-5-3-4-6-25(22)29/h3-10,18,20H,2,11-17,19H2,1H3,(H,31,32,33)/q-1. The zero-order valence-electron chi connectivity index (χ0n) is 20.9. The Hall–Kier alpha value is -2.24. The van der Waals surface area contributed by atoms with Crippen LogP contribution in [0.1, 0.15) is 30.0 Å². The minimum absolute atomic E-state index is 0.385. The number of fused-ring (bicyclic) bond motifs is 1. The Bertz CT molecular complexity index is 1160. The van der Waals surface area contributed by atoms with E-state index in [0.29, 0.717) is 46.2 Å². The van der Waals surface area contributed by atoms with E-state index < -0.39 is 0 Å². The number of nitrogens with zero attached hydrogens (tertiary/aromatic N) is 2. The van der Waals surface area contributed by atoms with Crippen LogP contribution >= 0.6 is 11.6 Å². The second kappa shape index (κ2) is 15.2. The van der Waals surface area contributed by atoms with Crippen molar-refractivity contribution < 1.29 is 40.2 Å². The van der Waals surface area contributed by atoms with E-state index in [1.54, 1.807) is 6.33 Å². The summed E-state index contributed by atoms with van der Waals surface area (Å²) in [5.74, 6) is 1.67. The van der Waals surface area contributed by atoms with E-state index in [1.807, 2.05) is 36.4 Å². The van der Waals surface area contributed by atoms with Crippen molar-refractivity contribution in [2.24, 2.45) is 0 Å². The topological polar surface area (TPSA) is 74.7 Å². The number of rotatable bonds is 16. The Kier molecular flexibility index (Phi) is 11.4. The molecule has 1 N–H and O–H groups in total. The predicted molar refractivity (Wildman–Crippen MR) is 142 cm³/mol. The first-order valence-corrected chi connectivity index (χ1v) is 14.9. The fourth-order valence-corrected chi connectivity index (χ4v) is 6.40. The summed E-state index contributed by atoms with van der Waals surface area (Å²) in [4.78, 5) is 9.02. The van der Waals surface area contributed by atoms with Gasteiger partial charge in [0.25, 0.3) is 0 Å². The van der Waals surface area contributed by atoms with Gasteiger partial charge < -0.3 is 4.74 Å². The van der Waals surface area contributed by atoms with E-state index in [9.17, 15) is 0 Å². The van der Waals surface area contributed by atoms with E-state index in [1.165, 1.54) is 9.14 Å². The number of ether oxygens (including phenoxy) is 4. The molecule has 0 saturated heterocycles. The van der Waals surface area contributed by atoms with Gasteiger partial charge in [-0.05, 0) is 6.42 Å². The van der Waals surface area contributed by atoms with Gasteiger partial charge in [-0.3, -0.25) is 0 Å². The minimum atomic E-state index is -0.385. The van der Waals surface area contributed by atoms with Gasteiger partial charge in [-0.15, -0.1) is 0 Å².